The van der Waals surface area contributed by atoms with E-state index in [1.54, 1.807) is 25.4 Å². The number of piperazine rings is 1. The second-order valence-corrected chi connectivity index (χ2v) is 7.29. The van der Waals surface area contributed by atoms with Gasteiger partial charge in [-0.05, 0) is 18.7 Å². The van der Waals surface area contributed by atoms with E-state index in [0.29, 0.717) is 36.0 Å². The number of likely N-dealkylation sites (N-methyl/N-ethyl adjacent to an activating group) is 1. The van der Waals surface area contributed by atoms with Crippen LogP contribution in [0.2, 0.25) is 0 Å². The summed E-state index contributed by atoms with van der Waals surface area (Å²) in [5.41, 5.74) is 1.21. The first kappa shape index (κ1) is 20.8. The lowest BCUT2D eigenvalue weighted by Gasteiger charge is -2.34. The number of amides is 1. The summed E-state index contributed by atoms with van der Waals surface area (Å²) in [5, 5.41) is 0. The lowest BCUT2D eigenvalue weighted by molar-refractivity contribution is 0.0639. The number of rotatable bonds is 6. The predicted molar refractivity (Wildman–Crippen MR) is 119 cm³/mol. The van der Waals surface area contributed by atoms with E-state index in [-0.39, 0.29) is 11.8 Å². The van der Waals surface area contributed by atoms with Gasteiger partial charge in [-0.2, -0.15) is 4.98 Å². The summed E-state index contributed by atoms with van der Waals surface area (Å²) < 4.78 is 11.4. The molecule has 0 unspecified atom stereocenters. The highest BCUT2D eigenvalue weighted by Gasteiger charge is 2.26. The molecule has 0 spiro atoms. The molecule has 1 aliphatic rings. The molecular weight excluding hydrogens is 392 g/mol. The smallest absolute Gasteiger partial charge is 0.261 e. The Kier molecular flexibility index (Phi) is 6.43. The van der Waals surface area contributed by atoms with E-state index in [4.69, 9.17) is 9.47 Å². The molecule has 160 valence electrons. The number of aromatic nitrogens is 2. The average Bonchev–Trinajstić information content (AvgIpc) is 2.84. The molecule has 1 aromatic heterocycles. The van der Waals surface area contributed by atoms with E-state index in [0.717, 1.165) is 25.2 Å². The Hall–Kier alpha value is -3.45. The molecule has 1 aliphatic heterocycles. The van der Waals surface area contributed by atoms with E-state index < -0.39 is 0 Å². The molecule has 2 aromatic carbocycles. The van der Waals surface area contributed by atoms with E-state index >= 15 is 0 Å². The minimum absolute atomic E-state index is 0.117. The van der Waals surface area contributed by atoms with Gasteiger partial charge in [0.15, 0.2) is 5.82 Å². The third-order valence-corrected chi connectivity index (χ3v) is 5.38. The Morgan fingerprint density at radius 3 is 2.45 bits per heavy atom. The van der Waals surface area contributed by atoms with Gasteiger partial charge in [0.2, 0.25) is 5.88 Å². The molecule has 0 bridgehead atoms. The van der Waals surface area contributed by atoms with Crippen molar-refractivity contribution in [2.45, 2.75) is 6.92 Å². The Morgan fingerprint density at radius 1 is 1.00 bits per heavy atom. The Morgan fingerprint density at radius 2 is 1.74 bits per heavy atom. The van der Waals surface area contributed by atoms with Crippen molar-refractivity contribution in [1.82, 2.24) is 19.8 Å². The first-order valence-corrected chi connectivity index (χ1v) is 10.4. The van der Waals surface area contributed by atoms with Crippen LogP contribution < -0.4 is 9.47 Å². The molecule has 4 rings (SSSR count). The highest BCUT2D eigenvalue weighted by Crippen LogP contribution is 2.29. The summed E-state index contributed by atoms with van der Waals surface area (Å²) in [6.07, 6.45) is 1.57. The Balaban J connectivity index is 1.67. The van der Waals surface area contributed by atoms with Crippen LogP contribution in [0, 0.1) is 0 Å². The maximum absolute atomic E-state index is 13.3. The zero-order valence-corrected chi connectivity index (χ0v) is 17.8. The molecule has 1 fully saturated rings. The van der Waals surface area contributed by atoms with Crippen molar-refractivity contribution in [3.05, 3.63) is 66.4 Å². The minimum atomic E-state index is -0.117. The van der Waals surface area contributed by atoms with Crippen molar-refractivity contribution in [3.63, 3.8) is 0 Å². The van der Waals surface area contributed by atoms with Crippen molar-refractivity contribution in [2.75, 3.05) is 39.8 Å². The van der Waals surface area contributed by atoms with Gasteiger partial charge in [0.05, 0.1) is 7.11 Å². The van der Waals surface area contributed by atoms with Gasteiger partial charge >= 0.3 is 0 Å². The molecule has 0 radical (unpaired) electrons. The zero-order valence-electron chi connectivity index (χ0n) is 17.8. The van der Waals surface area contributed by atoms with Crippen molar-refractivity contribution in [1.29, 1.82) is 0 Å². The third kappa shape index (κ3) is 4.83. The monoisotopic (exact) mass is 418 g/mol. The fourth-order valence-electron chi connectivity index (χ4n) is 3.53. The lowest BCUT2D eigenvalue weighted by Crippen LogP contribution is -2.48. The van der Waals surface area contributed by atoms with Gasteiger partial charge in [-0.15, -0.1) is 0 Å². The molecule has 1 saturated heterocycles. The van der Waals surface area contributed by atoms with Crippen LogP contribution in [0.3, 0.4) is 0 Å². The number of methoxy groups -OCH3 is 1. The molecule has 31 heavy (non-hydrogen) atoms. The van der Waals surface area contributed by atoms with Crippen LogP contribution in [0.15, 0.2) is 60.8 Å². The van der Waals surface area contributed by atoms with Gasteiger partial charge in [0.1, 0.15) is 17.1 Å². The molecule has 0 aliphatic carbocycles. The summed E-state index contributed by atoms with van der Waals surface area (Å²) in [4.78, 5) is 26.5. The average molecular weight is 418 g/mol. The van der Waals surface area contributed by atoms with E-state index in [1.807, 2.05) is 47.4 Å². The summed E-state index contributed by atoms with van der Waals surface area (Å²) >= 11 is 0. The van der Waals surface area contributed by atoms with Crippen LogP contribution in [-0.4, -0.2) is 65.5 Å². The number of hydrogen-bond donors (Lipinski definition) is 0. The number of ether oxygens (including phenoxy) is 2. The first-order chi connectivity index (χ1) is 15.2. The quantitative estimate of drug-likeness (QED) is 0.608. The van der Waals surface area contributed by atoms with Crippen molar-refractivity contribution >= 4 is 5.91 Å². The van der Waals surface area contributed by atoms with E-state index in [9.17, 15) is 4.79 Å². The third-order valence-electron chi connectivity index (χ3n) is 5.38. The Bertz CT molecular complexity index is 1030. The molecule has 2 heterocycles. The SMILES string of the molecule is CCN1CCN(C(=O)c2cnc(-c3ccccc3)nc2Oc2cccc(OC)c2)CC1. The summed E-state index contributed by atoms with van der Waals surface area (Å²) in [7, 11) is 1.60. The number of nitrogens with zero attached hydrogens (tertiary/aromatic N) is 4. The zero-order chi connectivity index (χ0) is 21.6. The largest absolute Gasteiger partial charge is 0.497 e. The van der Waals surface area contributed by atoms with Crippen LogP contribution in [0.5, 0.6) is 17.4 Å². The molecule has 0 atom stereocenters. The van der Waals surface area contributed by atoms with Gasteiger partial charge in [-0.1, -0.05) is 43.3 Å². The summed E-state index contributed by atoms with van der Waals surface area (Å²) in [5.74, 6) is 1.84. The topological polar surface area (TPSA) is 67.8 Å². The second-order valence-electron chi connectivity index (χ2n) is 7.29. The van der Waals surface area contributed by atoms with Gasteiger partial charge in [-0.3, -0.25) is 4.79 Å². The first-order valence-electron chi connectivity index (χ1n) is 10.4. The van der Waals surface area contributed by atoms with Crippen LogP contribution in [0.1, 0.15) is 17.3 Å². The lowest BCUT2D eigenvalue weighted by atomic mass is 10.2. The van der Waals surface area contributed by atoms with Crippen molar-refractivity contribution < 1.29 is 14.3 Å². The fourth-order valence-corrected chi connectivity index (χ4v) is 3.53. The Labute approximate surface area is 182 Å². The van der Waals surface area contributed by atoms with Crippen molar-refractivity contribution in [2.24, 2.45) is 0 Å². The maximum atomic E-state index is 13.3. The van der Waals surface area contributed by atoms with Gasteiger partial charge in [0, 0.05) is 44.0 Å². The van der Waals surface area contributed by atoms with Gasteiger partial charge in [-0.25, -0.2) is 4.98 Å². The number of benzene rings is 2. The number of hydrogen-bond acceptors (Lipinski definition) is 6. The van der Waals surface area contributed by atoms with Gasteiger partial charge < -0.3 is 19.3 Å². The van der Waals surface area contributed by atoms with Crippen LogP contribution >= 0.6 is 0 Å². The highest BCUT2D eigenvalue weighted by atomic mass is 16.5. The van der Waals surface area contributed by atoms with Crippen molar-refractivity contribution in [3.8, 4) is 28.8 Å². The van der Waals surface area contributed by atoms with Crippen LogP contribution in [0.25, 0.3) is 11.4 Å². The molecule has 7 heteroatoms. The van der Waals surface area contributed by atoms with Gasteiger partial charge in [0.25, 0.3) is 5.91 Å². The highest BCUT2D eigenvalue weighted by molar-refractivity contribution is 5.96. The number of carbonyl (C=O) groups excluding carboxylic acids is 1. The van der Waals surface area contributed by atoms with Crippen LogP contribution in [-0.2, 0) is 0 Å². The van der Waals surface area contributed by atoms with E-state index in [1.165, 1.54) is 0 Å². The normalized spacial score (nSPS) is 14.3. The molecule has 0 saturated carbocycles. The summed E-state index contributed by atoms with van der Waals surface area (Å²) in [6, 6.07) is 16.9. The molecular formula is C24H26N4O3. The molecule has 0 N–H and O–H groups in total. The maximum Gasteiger partial charge on any atom is 0.261 e. The second kappa shape index (κ2) is 9.57. The fraction of sp³-hybridized carbons (Fsp3) is 0.292. The predicted octanol–water partition coefficient (Wildman–Crippen LogP) is 3.72. The molecule has 1 amide bonds. The summed E-state index contributed by atoms with van der Waals surface area (Å²) in [6.45, 7) is 6.18. The van der Waals surface area contributed by atoms with Crippen LogP contribution in [0.4, 0.5) is 0 Å². The minimum Gasteiger partial charge on any atom is -0.497 e. The van der Waals surface area contributed by atoms with E-state index in [2.05, 4.69) is 21.8 Å². The standard InChI is InChI=1S/C24H26N4O3/c1-3-27-12-14-28(15-13-27)24(29)21-17-25-22(18-8-5-4-6-9-18)26-23(21)31-20-11-7-10-19(16-20)30-2/h4-11,16-17H,3,12-15H2,1-2H3. The molecule has 3 aromatic rings. The molecule has 7 nitrogen and oxygen atoms in total. The number of carbonyl (C=O) groups is 1.